The Morgan fingerprint density at radius 3 is 2.82 bits per heavy atom. The van der Waals surface area contributed by atoms with Crippen LogP contribution < -0.4 is 0 Å². The van der Waals surface area contributed by atoms with Crippen LogP contribution in [0.4, 0.5) is 0 Å². The van der Waals surface area contributed by atoms with Crippen LogP contribution in [0.5, 0.6) is 0 Å². The van der Waals surface area contributed by atoms with Crippen LogP contribution in [0.25, 0.3) is 16.7 Å². The highest BCUT2D eigenvalue weighted by atomic mass is 16.3. The van der Waals surface area contributed by atoms with E-state index in [-0.39, 0.29) is 6.61 Å². The van der Waals surface area contributed by atoms with Gasteiger partial charge < -0.3 is 5.11 Å². The van der Waals surface area contributed by atoms with Gasteiger partial charge in [-0.2, -0.15) is 5.10 Å². The molecule has 0 atom stereocenters. The van der Waals surface area contributed by atoms with Gasteiger partial charge in [-0.3, -0.25) is 0 Å². The highest BCUT2D eigenvalue weighted by Gasteiger charge is 2.07. The van der Waals surface area contributed by atoms with E-state index in [9.17, 15) is 5.11 Å². The van der Waals surface area contributed by atoms with Crippen molar-refractivity contribution in [3.8, 4) is 5.82 Å². The van der Waals surface area contributed by atoms with E-state index in [0.717, 1.165) is 16.5 Å². The molecule has 17 heavy (non-hydrogen) atoms. The molecule has 0 fully saturated rings. The van der Waals surface area contributed by atoms with E-state index in [1.807, 2.05) is 42.6 Å². The molecule has 3 rings (SSSR count). The molecule has 0 unspecified atom stereocenters. The number of rotatable bonds is 2. The molecule has 0 spiro atoms. The van der Waals surface area contributed by atoms with Crippen LogP contribution in [-0.4, -0.2) is 19.9 Å². The number of hydrogen-bond acceptors (Lipinski definition) is 3. The van der Waals surface area contributed by atoms with Crippen LogP contribution in [0.2, 0.25) is 0 Å². The number of pyridine rings is 1. The molecule has 4 heteroatoms. The summed E-state index contributed by atoms with van der Waals surface area (Å²) in [4.78, 5) is 4.53. The zero-order valence-corrected chi connectivity index (χ0v) is 9.11. The molecular formula is C13H11N3O. The van der Waals surface area contributed by atoms with Crippen LogP contribution >= 0.6 is 0 Å². The van der Waals surface area contributed by atoms with E-state index < -0.39 is 0 Å². The molecule has 0 radical (unpaired) electrons. The average Bonchev–Trinajstić information content (AvgIpc) is 2.91. The first kappa shape index (κ1) is 9.99. The van der Waals surface area contributed by atoms with E-state index >= 15 is 0 Å². The fourth-order valence-electron chi connectivity index (χ4n) is 1.86. The maximum absolute atomic E-state index is 9.40. The third-order valence-electron chi connectivity index (χ3n) is 2.67. The van der Waals surface area contributed by atoms with Gasteiger partial charge in [0.1, 0.15) is 0 Å². The first-order valence-corrected chi connectivity index (χ1v) is 5.38. The Labute approximate surface area is 98.2 Å². The summed E-state index contributed by atoms with van der Waals surface area (Å²) in [5.74, 6) is 0.677. The van der Waals surface area contributed by atoms with Crippen LogP contribution in [0.3, 0.4) is 0 Å². The quantitative estimate of drug-likeness (QED) is 0.724. The number of aliphatic hydroxyl groups excluding tert-OH is 1. The fraction of sp³-hybridized carbons (Fsp3) is 0.0769. The van der Waals surface area contributed by atoms with Crippen LogP contribution in [0.1, 0.15) is 5.56 Å². The molecule has 0 aliphatic carbocycles. The molecule has 0 aliphatic heterocycles. The van der Waals surface area contributed by atoms with Gasteiger partial charge in [0.05, 0.1) is 12.1 Å². The second-order valence-electron chi connectivity index (χ2n) is 3.77. The van der Waals surface area contributed by atoms with E-state index in [0.29, 0.717) is 5.82 Å². The highest BCUT2D eigenvalue weighted by Crippen LogP contribution is 2.19. The lowest BCUT2D eigenvalue weighted by molar-refractivity contribution is 0.281. The van der Waals surface area contributed by atoms with Crippen LogP contribution in [0, 0.1) is 0 Å². The van der Waals surface area contributed by atoms with Gasteiger partial charge in [0.15, 0.2) is 5.82 Å². The minimum absolute atomic E-state index is 0.0486. The largest absolute Gasteiger partial charge is 0.392 e. The summed E-state index contributed by atoms with van der Waals surface area (Å²) >= 11 is 0. The summed E-state index contributed by atoms with van der Waals surface area (Å²) in [6.45, 7) is -0.0486. The predicted octanol–water partition coefficient (Wildman–Crippen LogP) is 1.91. The third kappa shape index (κ3) is 1.68. The fourth-order valence-corrected chi connectivity index (χ4v) is 1.86. The van der Waals surface area contributed by atoms with Crippen molar-refractivity contribution in [2.45, 2.75) is 6.61 Å². The Morgan fingerprint density at radius 2 is 2.06 bits per heavy atom. The van der Waals surface area contributed by atoms with Crippen LogP contribution in [-0.2, 0) is 6.61 Å². The number of nitrogens with zero attached hydrogens (tertiary/aromatic N) is 3. The smallest absolute Gasteiger partial charge is 0.159 e. The molecule has 0 amide bonds. The number of aliphatic hydroxyl groups is 1. The minimum Gasteiger partial charge on any atom is -0.392 e. The van der Waals surface area contributed by atoms with Crippen molar-refractivity contribution in [1.82, 2.24) is 14.8 Å². The number of fused-ring (bicyclic) bond motifs is 1. The minimum atomic E-state index is -0.0486. The molecule has 0 saturated carbocycles. The average molecular weight is 225 g/mol. The number of hydrogen-bond donors (Lipinski definition) is 1. The molecular weight excluding hydrogens is 214 g/mol. The monoisotopic (exact) mass is 225 g/mol. The molecule has 1 N–H and O–H groups in total. The molecule has 1 aromatic carbocycles. The van der Waals surface area contributed by atoms with Crippen molar-refractivity contribution < 1.29 is 5.11 Å². The summed E-state index contributed by atoms with van der Waals surface area (Å²) in [5, 5.41) is 14.6. The Balaban J connectivity index is 2.29. The van der Waals surface area contributed by atoms with Gasteiger partial charge in [0, 0.05) is 23.3 Å². The Hall–Kier alpha value is -2.20. The number of aromatic nitrogens is 3. The number of para-hydroxylation sites is 1. The lowest BCUT2D eigenvalue weighted by Gasteiger charge is -2.08. The standard InChI is InChI=1S/C13H11N3O/c17-9-11-8-10-4-1-2-5-12(10)15-13(11)16-7-3-6-14-16/h1-8,17H,9H2. The summed E-state index contributed by atoms with van der Waals surface area (Å²) in [5.41, 5.74) is 1.67. The zero-order valence-electron chi connectivity index (χ0n) is 9.11. The van der Waals surface area contributed by atoms with Crippen molar-refractivity contribution in [1.29, 1.82) is 0 Å². The van der Waals surface area contributed by atoms with Crippen molar-refractivity contribution in [3.05, 3.63) is 54.4 Å². The topological polar surface area (TPSA) is 50.9 Å². The van der Waals surface area contributed by atoms with Gasteiger partial charge >= 0.3 is 0 Å². The molecule has 2 heterocycles. The van der Waals surface area contributed by atoms with Crippen LogP contribution in [0.15, 0.2) is 48.8 Å². The third-order valence-corrected chi connectivity index (χ3v) is 2.67. The first-order valence-electron chi connectivity index (χ1n) is 5.38. The van der Waals surface area contributed by atoms with E-state index in [1.165, 1.54) is 0 Å². The van der Waals surface area contributed by atoms with Gasteiger partial charge in [0.25, 0.3) is 0 Å². The molecule has 3 aromatic rings. The van der Waals surface area contributed by atoms with Gasteiger partial charge in [-0.15, -0.1) is 0 Å². The maximum atomic E-state index is 9.40. The molecule has 84 valence electrons. The maximum Gasteiger partial charge on any atom is 0.159 e. The Morgan fingerprint density at radius 1 is 1.18 bits per heavy atom. The van der Waals surface area contributed by atoms with Crippen molar-refractivity contribution in [2.75, 3.05) is 0 Å². The number of benzene rings is 1. The Bertz CT molecular complexity index is 647. The normalized spacial score (nSPS) is 10.9. The lowest BCUT2D eigenvalue weighted by atomic mass is 10.1. The molecule has 0 saturated heterocycles. The molecule has 0 aliphatic rings. The second kappa shape index (κ2) is 3.99. The SMILES string of the molecule is OCc1cc2ccccc2nc1-n1cccn1. The second-order valence-corrected chi connectivity index (χ2v) is 3.77. The Kier molecular flexibility index (Phi) is 2.34. The predicted molar refractivity (Wildman–Crippen MR) is 64.8 cm³/mol. The molecule has 2 aromatic heterocycles. The summed E-state index contributed by atoms with van der Waals surface area (Å²) in [6.07, 6.45) is 3.51. The van der Waals surface area contributed by atoms with E-state index in [4.69, 9.17) is 0 Å². The molecule has 0 bridgehead atoms. The van der Waals surface area contributed by atoms with Gasteiger partial charge in [-0.25, -0.2) is 9.67 Å². The van der Waals surface area contributed by atoms with Gasteiger partial charge in [-0.1, -0.05) is 18.2 Å². The lowest BCUT2D eigenvalue weighted by Crippen LogP contribution is -2.03. The highest BCUT2D eigenvalue weighted by molar-refractivity contribution is 5.80. The first-order chi connectivity index (χ1) is 8.38. The van der Waals surface area contributed by atoms with E-state index in [1.54, 1.807) is 10.9 Å². The van der Waals surface area contributed by atoms with Crippen molar-refractivity contribution in [2.24, 2.45) is 0 Å². The van der Waals surface area contributed by atoms with Gasteiger partial charge in [-0.05, 0) is 18.2 Å². The molecule has 4 nitrogen and oxygen atoms in total. The van der Waals surface area contributed by atoms with Gasteiger partial charge in [0.2, 0.25) is 0 Å². The zero-order chi connectivity index (χ0) is 11.7. The van der Waals surface area contributed by atoms with Crippen molar-refractivity contribution >= 4 is 10.9 Å². The van der Waals surface area contributed by atoms with E-state index in [2.05, 4.69) is 10.1 Å². The summed E-state index contributed by atoms with van der Waals surface area (Å²) in [7, 11) is 0. The summed E-state index contributed by atoms with van der Waals surface area (Å²) in [6, 6.07) is 11.6. The van der Waals surface area contributed by atoms with Crippen molar-refractivity contribution in [3.63, 3.8) is 0 Å². The summed E-state index contributed by atoms with van der Waals surface area (Å²) < 4.78 is 1.66.